The fourth-order valence-corrected chi connectivity index (χ4v) is 5.94. The van der Waals surface area contributed by atoms with Crippen LogP contribution in [0.2, 0.25) is 18.1 Å². The zero-order valence-electron chi connectivity index (χ0n) is 26.1. The third kappa shape index (κ3) is 8.19. The fourth-order valence-electron chi connectivity index (χ4n) is 4.90. The molecule has 1 atom stereocenters. The highest BCUT2D eigenvalue weighted by molar-refractivity contribution is 6.74. The van der Waals surface area contributed by atoms with Crippen LogP contribution in [-0.2, 0) is 15.8 Å². The third-order valence-corrected chi connectivity index (χ3v) is 13.0. The van der Waals surface area contributed by atoms with E-state index in [-0.39, 0.29) is 17.5 Å². The summed E-state index contributed by atoms with van der Waals surface area (Å²) in [6.45, 7) is 15.9. The van der Waals surface area contributed by atoms with Gasteiger partial charge < -0.3 is 24.7 Å². The van der Waals surface area contributed by atoms with Gasteiger partial charge >= 0.3 is 0 Å². The van der Waals surface area contributed by atoms with Gasteiger partial charge in [0, 0.05) is 49.0 Å². The molecule has 0 bridgehead atoms. The average Bonchev–Trinajstić information content (AvgIpc) is 3.60. The quantitative estimate of drug-likeness (QED) is 0.184. The maximum Gasteiger partial charge on any atom is 0.246 e. The van der Waals surface area contributed by atoms with Crippen molar-refractivity contribution in [1.29, 1.82) is 0 Å². The predicted molar refractivity (Wildman–Crippen MR) is 173 cm³/mol. The minimum atomic E-state index is -1.72. The predicted octanol–water partition coefficient (Wildman–Crippen LogP) is 6.07. The van der Waals surface area contributed by atoms with Gasteiger partial charge in [-0.15, -0.1) is 0 Å². The maximum absolute atomic E-state index is 13.4. The van der Waals surface area contributed by atoms with E-state index in [1.807, 2.05) is 18.2 Å². The molecule has 1 aliphatic heterocycles. The van der Waals surface area contributed by atoms with Gasteiger partial charge in [0.05, 0.1) is 24.0 Å². The Bertz CT molecular complexity index is 1590. The molecule has 4 aromatic rings. The standard InChI is InChI=1S/C32H42FN7O3Si/c1-32(2,3)44(4,5)43-14-13-39-12-11-23(18-39)21-42-27-9-10-28-29(16-27)34-22-35-31(28)38-26-17-36-40(19-26)20-30(41)37-25-8-6-7-24(33)15-25/h6-10,15-17,19,22-23H,11-14,18,20-21H2,1-5H3,(H,37,41)(H,34,35,38). The van der Waals surface area contributed by atoms with E-state index in [0.717, 1.165) is 49.3 Å². The van der Waals surface area contributed by atoms with E-state index in [0.29, 0.717) is 29.7 Å². The Morgan fingerprint density at radius 3 is 2.77 bits per heavy atom. The molecule has 0 saturated carbocycles. The van der Waals surface area contributed by atoms with Crippen molar-refractivity contribution >= 4 is 42.3 Å². The first-order valence-corrected chi connectivity index (χ1v) is 17.9. The maximum atomic E-state index is 13.4. The molecule has 2 aromatic carbocycles. The molecule has 3 heterocycles. The topological polar surface area (TPSA) is 106 Å². The Balaban J connectivity index is 1.11. The zero-order chi connectivity index (χ0) is 31.3. The molecule has 2 N–H and O–H groups in total. The first kappa shape index (κ1) is 31.5. The second-order valence-electron chi connectivity index (χ2n) is 12.9. The summed E-state index contributed by atoms with van der Waals surface area (Å²) in [6.07, 6.45) is 5.95. The van der Waals surface area contributed by atoms with Gasteiger partial charge in [-0.25, -0.2) is 14.4 Å². The van der Waals surface area contributed by atoms with Crippen molar-refractivity contribution in [3.05, 3.63) is 67.0 Å². The number of aromatic nitrogens is 4. The number of amides is 1. The largest absolute Gasteiger partial charge is 0.493 e. The van der Waals surface area contributed by atoms with E-state index >= 15 is 0 Å². The van der Waals surface area contributed by atoms with Crippen LogP contribution in [0, 0.1) is 11.7 Å². The van der Waals surface area contributed by atoms with Gasteiger partial charge in [-0.05, 0) is 61.4 Å². The van der Waals surface area contributed by atoms with Crippen LogP contribution in [0.3, 0.4) is 0 Å². The lowest BCUT2D eigenvalue weighted by Crippen LogP contribution is -2.42. The summed E-state index contributed by atoms with van der Waals surface area (Å²) in [4.78, 5) is 23.7. The molecule has 10 nitrogen and oxygen atoms in total. The first-order valence-electron chi connectivity index (χ1n) is 15.0. The summed E-state index contributed by atoms with van der Waals surface area (Å²) in [5, 5.41) is 11.3. The summed E-state index contributed by atoms with van der Waals surface area (Å²) < 4.78 is 27.4. The SMILES string of the molecule is CC(C)(C)[Si](C)(C)OCCN1CCC(COc2ccc3c(Nc4cnn(CC(=O)Nc5cccc(F)c5)c4)ncnc3c2)C1. The van der Waals surface area contributed by atoms with E-state index < -0.39 is 14.1 Å². The van der Waals surface area contributed by atoms with Crippen LogP contribution in [0.5, 0.6) is 5.75 Å². The lowest BCUT2D eigenvalue weighted by atomic mass is 10.1. The molecule has 12 heteroatoms. The first-order chi connectivity index (χ1) is 20.9. The molecule has 2 aromatic heterocycles. The summed E-state index contributed by atoms with van der Waals surface area (Å²) >= 11 is 0. The number of benzene rings is 2. The number of rotatable bonds is 12. The highest BCUT2D eigenvalue weighted by Crippen LogP contribution is 2.36. The van der Waals surface area contributed by atoms with Crippen molar-refractivity contribution in [3.8, 4) is 5.75 Å². The van der Waals surface area contributed by atoms with Gasteiger partial charge in [-0.2, -0.15) is 5.10 Å². The van der Waals surface area contributed by atoms with Crippen LogP contribution in [0.15, 0.2) is 61.2 Å². The molecular weight excluding hydrogens is 577 g/mol. The van der Waals surface area contributed by atoms with Crippen molar-refractivity contribution in [2.75, 3.05) is 43.5 Å². The number of hydrogen-bond acceptors (Lipinski definition) is 8. The lowest BCUT2D eigenvalue weighted by molar-refractivity contribution is -0.116. The number of fused-ring (bicyclic) bond motifs is 1. The Kier molecular flexibility index (Phi) is 9.61. The number of anilines is 3. The summed E-state index contributed by atoms with van der Waals surface area (Å²) in [6, 6.07) is 11.6. The smallest absolute Gasteiger partial charge is 0.246 e. The third-order valence-electron chi connectivity index (χ3n) is 8.45. The Hall–Kier alpha value is -3.87. The number of nitrogens with one attached hydrogen (secondary N) is 2. The number of carbonyl (C=O) groups is 1. The van der Waals surface area contributed by atoms with E-state index in [1.165, 1.54) is 23.1 Å². The molecule has 5 rings (SSSR count). The summed E-state index contributed by atoms with van der Waals surface area (Å²) in [5.74, 6) is 1.15. The van der Waals surface area contributed by atoms with Gasteiger partial charge in [0.15, 0.2) is 8.32 Å². The Morgan fingerprint density at radius 2 is 1.98 bits per heavy atom. The van der Waals surface area contributed by atoms with Crippen molar-refractivity contribution in [2.24, 2.45) is 5.92 Å². The van der Waals surface area contributed by atoms with Gasteiger partial charge in [-0.3, -0.25) is 9.48 Å². The molecule has 1 saturated heterocycles. The zero-order valence-corrected chi connectivity index (χ0v) is 27.1. The van der Waals surface area contributed by atoms with Gasteiger partial charge in [-0.1, -0.05) is 26.8 Å². The molecule has 234 valence electrons. The molecule has 1 amide bonds. The normalized spacial score (nSPS) is 15.9. The second-order valence-corrected chi connectivity index (χ2v) is 17.7. The van der Waals surface area contributed by atoms with Crippen LogP contribution in [0.25, 0.3) is 10.9 Å². The minimum Gasteiger partial charge on any atom is -0.493 e. The van der Waals surface area contributed by atoms with Crippen LogP contribution in [0.4, 0.5) is 21.6 Å². The molecule has 0 spiro atoms. The molecule has 1 unspecified atom stereocenters. The average molecular weight is 620 g/mol. The number of ether oxygens (including phenoxy) is 1. The van der Waals surface area contributed by atoms with E-state index in [1.54, 1.807) is 24.5 Å². The van der Waals surface area contributed by atoms with E-state index in [2.05, 4.69) is 64.5 Å². The number of carbonyl (C=O) groups excluding carboxylic acids is 1. The summed E-state index contributed by atoms with van der Waals surface area (Å²) in [5.41, 5.74) is 1.83. The molecule has 1 aliphatic rings. The second kappa shape index (κ2) is 13.4. The van der Waals surface area contributed by atoms with Crippen molar-refractivity contribution in [1.82, 2.24) is 24.6 Å². The molecular formula is C32H42FN7O3Si. The van der Waals surface area contributed by atoms with Crippen LogP contribution >= 0.6 is 0 Å². The molecule has 44 heavy (non-hydrogen) atoms. The summed E-state index contributed by atoms with van der Waals surface area (Å²) in [7, 11) is -1.72. The van der Waals surface area contributed by atoms with Crippen molar-refractivity contribution < 1.29 is 18.3 Å². The number of hydrogen-bond donors (Lipinski definition) is 2. The van der Waals surface area contributed by atoms with Crippen molar-refractivity contribution in [2.45, 2.75) is 51.9 Å². The lowest BCUT2D eigenvalue weighted by Gasteiger charge is -2.36. The Morgan fingerprint density at radius 1 is 1.14 bits per heavy atom. The fraction of sp³-hybridized carbons (Fsp3) is 0.438. The van der Waals surface area contributed by atoms with E-state index in [4.69, 9.17) is 9.16 Å². The van der Waals surface area contributed by atoms with Crippen LogP contribution in [-0.4, -0.2) is 71.7 Å². The van der Waals surface area contributed by atoms with Crippen LogP contribution in [0.1, 0.15) is 27.2 Å². The monoisotopic (exact) mass is 619 g/mol. The highest BCUT2D eigenvalue weighted by atomic mass is 28.4. The highest BCUT2D eigenvalue weighted by Gasteiger charge is 2.37. The molecule has 0 aliphatic carbocycles. The van der Waals surface area contributed by atoms with Gasteiger partial charge in [0.2, 0.25) is 5.91 Å². The van der Waals surface area contributed by atoms with Crippen LogP contribution < -0.4 is 15.4 Å². The van der Waals surface area contributed by atoms with Gasteiger partial charge in [0.1, 0.15) is 30.3 Å². The molecule has 1 fully saturated rings. The number of likely N-dealkylation sites (tertiary alicyclic amines) is 1. The van der Waals surface area contributed by atoms with E-state index in [9.17, 15) is 9.18 Å². The number of nitrogens with zero attached hydrogens (tertiary/aromatic N) is 5. The molecule has 0 radical (unpaired) electrons. The minimum absolute atomic E-state index is 0.0210. The van der Waals surface area contributed by atoms with Crippen molar-refractivity contribution in [3.63, 3.8) is 0 Å². The Labute approximate surface area is 259 Å². The number of halogens is 1. The van der Waals surface area contributed by atoms with Gasteiger partial charge in [0.25, 0.3) is 0 Å².